The highest BCUT2D eigenvalue weighted by Crippen LogP contribution is 2.19. The smallest absolute Gasteiger partial charge is 0.173 e. The van der Waals surface area contributed by atoms with Gasteiger partial charge in [-0.05, 0) is 30.7 Å². The Bertz CT molecular complexity index is 311. The van der Waals surface area contributed by atoms with Crippen molar-refractivity contribution in [1.82, 2.24) is 0 Å². The monoisotopic (exact) mass is 211 g/mol. The topological polar surface area (TPSA) is 50.7 Å². The second-order valence-electron chi connectivity index (χ2n) is 3.28. The summed E-state index contributed by atoms with van der Waals surface area (Å²) >= 11 is 0. The normalized spacial score (nSPS) is 10.7. The van der Waals surface area contributed by atoms with Crippen LogP contribution in [0, 0.1) is 6.92 Å². The van der Waals surface area contributed by atoms with E-state index in [0.717, 1.165) is 11.3 Å². The second-order valence-corrected chi connectivity index (χ2v) is 3.28. The van der Waals surface area contributed by atoms with Crippen molar-refractivity contribution in [2.24, 2.45) is 0 Å². The maximum Gasteiger partial charge on any atom is 0.173 e. The van der Waals surface area contributed by atoms with Gasteiger partial charge in [0.2, 0.25) is 0 Å². The van der Waals surface area contributed by atoms with Crippen molar-refractivity contribution in [3.8, 4) is 5.75 Å². The van der Waals surface area contributed by atoms with Crippen LogP contribution in [-0.2, 0) is 9.47 Å². The maximum absolute atomic E-state index is 9.23. The molecule has 0 saturated carbocycles. The van der Waals surface area contributed by atoms with Gasteiger partial charge >= 0.3 is 0 Å². The number of anilines is 1. The van der Waals surface area contributed by atoms with Crippen LogP contribution < -0.4 is 5.32 Å². The van der Waals surface area contributed by atoms with E-state index in [0.29, 0.717) is 6.54 Å². The Balaban J connectivity index is 2.57. The van der Waals surface area contributed by atoms with Crippen LogP contribution in [0.15, 0.2) is 18.2 Å². The van der Waals surface area contributed by atoms with Crippen molar-refractivity contribution in [1.29, 1.82) is 0 Å². The van der Waals surface area contributed by atoms with Crippen LogP contribution in [0.3, 0.4) is 0 Å². The average Bonchev–Trinajstić information content (AvgIpc) is 2.22. The summed E-state index contributed by atoms with van der Waals surface area (Å²) in [7, 11) is 3.19. The Hall–Kier alpha value is -1.26. The largest absolute Gasteiger partial charge is 0.508 e. The van der Waals surface area contributed by atoms with Crippen LogP contribution in [0.4, 0.5) is 5.69 Å². The molecule has 1 aromatic rings. The Labute approximate surface area is 89.8 Å². The fraction of sp³-hybridized carbons (Fsp3) is 0.455. The van der Waals surface area contributed by atoms with E-state index in [4.69, 9.17) is 9.47 Å². The molecule has 0 fully saturated rings. The molecule has 0 unspecified atom stereocenters. The lowest BCUT2D eigenvalue weighted by atomic mass is 10.2. The summed E-state index contributed by atoms with van der Waals surface area (Å²) < 4.78 is 10.1. The van der Waals surface area contributed by atoms with Gasteiger partial charge in [0.05, 0.1) is 6.54 Å². The summed E-state index contributed by atoms with van der Waals surface area (Å²) in [5.74, 6) is 0.271. The molecular weight excluding hydrogens is 194 g/mol. The van der Waals surface area contributed by atoms with Crippen LogP contribution in [0.25, 0.3) is 0 Å². The summed E-state index contributed by atoms with van der Waals surface area (Å²) in [6.45, 7) is 2.50. The SMILES string of the molecule is COC(CNc1ccc(O)cc1C)OC. The number of phenolic OH excluding ortho intramolecular Hbond substituents is 1. The quantitative estimate of drug-likeness (QED) is 0.575. The first kappa shape index (κ1) is 11.8. The minimum Gasteiger partial charge on any atom is -0.508 e. The van der Waals surface area contributed by atoms with Crippen LogP contribution >= 0.6 is 0 Å². The number of methoxy groups -OCH3 is 2. The van der Waals surface area contributed by atoms with E-state index in [-0.39, 0.29) is 12.0 Å². The molecule has 0 aliphatic carbocycles. The second kappa shape index (κ2) is 5.58. The summed E-state index contributed by atoms with van der Waals surface area (Å²) in [4.78, 5) is 0. The summed E-state index contributed by atoms with van der Waals surface area (Å²) in [6.07, 6.45) is -0.266. The molecule has 0 aliphatic rings. The zero-order valence-corrected chi connectivity index (χ0v) is 9.28. The Kier molecular flexibility index (Phi) is 4.39. The van der Waals surface area contributed by atoms with Crippen molar-refractivity contribution in [2.45, 2.75) is 13.2 Å². The van der Waals surface area contributed by atoms with Gasteiger partial charge in [-0.2, -0.15) is 0 Å². The highest BCUT2D eigenvalue weighted by molar-refractivity contribution is 5.53. The van der Waals surface area contributed by atoms with Gasteiger partial charge in [0.15, 0.2) is 6.29 Å². The van der Waals surface area contributed by atoms with Gasteiger partial charge in [0, 0.05) is 19.9 Å². The van der Waals surface area contributed by atoms with E-state index < -0.39 is 0 Å². The lowest BCUT2D eigenvalue weighted by Gasteiger charge is -2.16. The van der Waals surface area contributed by atoms with Crippen LogP contribution in [0.2, 0.25) is 0 Å². The van der Waals surface area contributed by atoms with Gasteiger partial charge in [-0.3, -0.25) is 0 Å². The molecule has 0 radical (unpaired) electrons. The van der Waals surface area contributed by atoms with Gasteiger partial charge in [0.1, 0.15) is 5.75 Å². The van der Waals surface area contributed by atoms with Crippen molar-refractivity contribution >= 4 is 5.69 Å². The van der Waals surface area contributed by atoms with E-state index in [1.54, 1.807) is 26.4 Å². The first-order valence-corrected chi connectivity index (χ1v) is 4.76. The molecule has 84 valence electrons. The van der Waals surface area contributed by atoms with E-state index in [9.17, 15) is 5.11 Å². The van der Waals surface area contributed by atoms with E-state index in [1.807, 2.05) is 13.0 Å². The minimum atomic E-state index is -0.266. The predicted molar refractivity (Wildman–Crippen MR) is 59.1 cm³/mol. The lowest BCUT2D eigenvalue weighted by molar-refractivity contribution is -0.0914. The fourth-order valence-corrected chi connectivity index (χ4v) is 1.30. The number of nitrogens with one attached hydrogen (secondary N) is 1. The molecule has 0 aliphatic heterocycles. The van der Waals surface area contributed by atoms with Gasteiger partial charge in [-0.25, -0.2) is 0 Å². The zero-order chi connectivity index (χ0) is 11.3. The first-order chi connectivity index (χ1) is 7.17. The number of aryl methyl sites for hydroxylation is 1. The summed E-state index contributed by atoms with van der Waals surface area (Å²) in [5.41, 5.74) is 1.95. The average molecular weight is 211 g/mol. The summed E-state index contributed by atoms with van der Waals surface area (Å²) in [6, 6.07) is 5.17. The van der Waals surface area contributed by atoms with E-state index >= 15 is 0 Å². The van der Waals surface area contributed by atoms with Gasteiger partial charge in [-0.15, -0.1) is 0 Å². The first-order valence-electron chi connectivity index (χ1n) is 4.76. The molecule has 4 heteroatoms. The molecule has 1 rings (SSSR count). The number of hydrogen-bond donors (Lipinski definition) is 2. The number of rotatable bonds is 5. The molecule has 0 heterocycles. The number of hydrogen-bond acceptors (Lipinski definition) is 4. The molecule has 4 nitrogen and oxygen atoms in total. The molecule has 0 aromatic heterocycles. The third-order valence-electron chi connectivity index (χ3n) is 2.19. The molecule has 0 bridgehead atoms. The van der Waals surface area contributed by atoms with Crippen molar-refractivity contribution in [2.75, 3.05) is 26.1 Å². The third-order valence-corrected chi connectivity index (χ3v) is 2.19. The Morgan fingerprint density at radius 2 is 2.00 bits per heavy atom. The molecule has 1 aromatic carbocycles. The number of aromatic hydroxyl groups is 1. The number of benzene rings is 1. The standard InChI is InChI=1S/C11H17NO3/c1-8-6-9(13)4-5-10(8)12-7-11(14-2)15-3/h4-6,11-13H,7H2,1-3H3. The molecular formula is C11H17NO3. The van der Waals surface area contributed by atoms with E-state index in [1.165, 1.54) is 0 Å². The lowest BCUT2D eigenvalue weighted by Crippen LogP contribution is -2.23. The summed E-state index contributed by atoms with van der Waals surface area (Å²) in [5, 5.41) is 12.4. The van der Waals surface area contributed by atoms with Gasteiger partial charge in [0.25, 0.3) is 0 Å². The van der Waals surface area contributed by atoms with Gasteiger partial charge in [-0.1, -0.05) is 0 Å². The molecule has 15 heavy (non-hydrogen) atoms. The highest BCUT2D eigenvalue weighted by atomic mass is 16.7. The predicted octanol–water partition coefficient (Wildman–Crippen LogP) is 1.73. The zero-order valence-electron chi connectivity index (χ0n) is 9.28. The van der Waals surface area contributed by atoms with Crippen molar-refractivity contribution < 1.29 is 14.6 Å². The van der Waals surface area contributed by atoms with Crippen molar-refractivity contribution in [3.63, 3.8) is 0 Å². The van der Waals surface area contributed by atoms with E-state index in [2.05, 4.69) is 5.32 Å². The van der Waals surface area contributed by atoms with Crippen LogP contribution in [-0.4, -0.2) is 32.2 Å². The highest BCUT2D eigenvalue weighted by Gasteiger charge is 2.05. The molecule has 0 atom stereocenters. The molecule has 0 spiro atoms. The molecule has 0 amide bonds. The third kappa shape index (κ3) is 3.42. The maximum atomic E-state index is 9.23. The van der Waals surface area contributed by atoms with Gasteiger partial charge < -0.3 is 19.9 Å². The molecule has 0 saturated heterocycles. The fourth-order valence-electron chi connectivity index (χ4n) is 1.30. The number of phenols is 1. The Morgan fingerprint density at radius 1 is 1.33 bits per heavy atom. The molecule has 2 N–H and O–H groups in total. The van der Waals surface area contributed by atoms with Crippen LogP contribution in [0.1, 0.15) is 5.56 Å². The van der Waals surface area contributed by atoms with Crippen molar-refractivity contribution in [3.05, 3.63) is 23.8 Å². The number of ether oxygens (including phenoxy) is 2. The Morgan fingerprint density at radius 3 is 2.53 bits per heavy atom. The minimum absolute atomic E-state index is 0.266. The van der Waals surface area contributed by atoms with Crippen LogP contribution in [0.5, 0.6) is 5.75 Å².